The van der Waals surface area contributed by atoms with E-state index in [1.165, 1.54) is 0 Å². The quantitative estimate of drug-likeness (QED) is 0.727. The average Bonchev–Trinajstić information content (AvgIpc) is 2.49. The summed E-state index contributed by atoms with van der Waals surface area (Å²) in [6.07, 6.45) is -4.62. The van der Waals surface area contributed by atoms with Crippen molar-refractivity contribution in [2.75, 3.05) is 17.2 Å². The Morgan fingerprint density at radius 2 is 1.76 bits per heavy atom. The zero-order valence-electron chi connectivity index (χ0n) is 13.9. The van der Waals surface area contributed by atoms with E-state index >= 15 is 0 Å². The smallest absolute Gasteiger partial charge is 0.394 e. The second-order valence-corrected chi connectivity index (χ2v) is 6.16. The Morgan fingerprint density at radius 1 is 1.16 bits per heavy atom. The highest BCUT2D eigenvalue weighted by Gasteiger charge is 2.34. The summed E-state index contributed by atoms with van der Waals surface area (Å²) in [7, 11) is 0. The minimum absolute atomic E-state index is 0.0107. The van der Waals surface area contributed by atoms with Gasteiger partial charge in [0, 0.05) is 22.8 Å². The molecule has 2 aromatic rings. The van der Waals surface area contributed by atoms with Crippen molar-refractivity contribution < 1.29 is 18.3 Å². The molecule has 9 heteroatoms. The molecule has 0 radical (unpaired) electrons. The molecule has 25 heavy (non-hydrogen) atoms. The number of halogens is 4. The van der Waals surface area contributed by atoms with Crippen molar-refractivity contribution in [1.82, 2.24) is 9.97 Å². The van der Waals surface area contributed by atoms with Crippen LogP contribution < -0.4 is 10.6 Å². The number of rotatable bonds is 5. The Kier molecular flexibility index (Phi) is 5.74. The van der Waals surface area contributed by atoms with Gasteiger partial charge in [-0.05, 0) is 44.0 Å². The van der Waals surface area contributed by atoms with Gasteiger partial charge in [-0.1, -0.05) is 11.6 Å². The number of alkyl halides is 3. The second-order valence-electron chi connectivity index (χ2n) is 5.73. The summed E-state index contributed by atoms with van der Waals surface area (Å²) in [6.45, 7) is 4.92. The lowest BCUT2D eigenvalue weighted by atomic mass is 10.1. The second kappa shape index (κ2) is 7.45. The van der Waals surface area contributed by atoms with E-state index in [4.69, 9.17) is 16.7 Å². The first-order valence-corrected chi connectivity index (χ1v) is 7.85. The van der Waals surface area contributed by atoms with E-state index in [0.29, 0.717) is 10.7 Å². The van der Waals surface area contributed by atoms with Crippen LogP contribution in [0.25, 0.3) is 0 Å². The molecule has 0 amide bonds. The number of hydrogen-bond donors (Lipinski definition) is 3. The van der Waals surface area contributed by atoms with Crippen molar-refractivity contribution in [2.45, 2.75) is 33.0 Å². The number of benzene rings is 1. The summed E-state index contributed by atoms with van der Waals surface area (Å²) >= 11 is 5.97. The third-order valence-electron chi connectivity index (χ3n) is 3.42. The number of nitrogens with one attached hydrogen (secondary N) is 2. The molecule has 5 nitrogen and oxygen atoms in total. The van der Waals surface area contributed by atoms with E-state index in [9.17, 15) is 13.2 Å². The molecule has 0 spiro atoms. The van der Waals surface area contributed by atoms with Crippen molar-refractivity contribution in [1.29, 1.82) is 0 Å². The molecule has 0 saturated carbocycles. The van der Waals surface area contributed by atoms with E-state index in [-0.39, 0.29) is 18.4 Å². The molecular weight excluding hydrogens is 357 g/mol. The number of anilines is 3. The van der Waals surface area contributed by atoms with Crippen molar-refractivity contribution in [3.8, 4) is 0 Å². The Balaban J connectivity index is 2.44. The normalized spacial score (nSPS) is 12.8. The van der Waals surface area contributed by atoms with E-state index in [0.717, 1.165) is 17.2 Å². The Morgan fingerprint density at radius 3 is 2.28 bits per heavy atom. The fourth-order valence-electron chi connectivity index (χ4n) is 2.22. The summed E-state index contributed by atoms with van der Waals surface area (Å²) < 4.78 is 39.3. The maximum absolute atomic E-state index is 13.1. The standard InChI is InChI=1S/C16H18ClF3N4O/c1-8-4-11(17)5-9(2)14(8)23-13-6-12(16(18,19)20)22-15(24-13)21-10(3)7-25/h4-6,10,25H,7H2,1-3H3,(H2,21,22,23,24)/t10-/m1/s1. The lowest BCUT2D eigenvalue weighted by Crippen LogP contribution is -2.22. The van der Waals surface area contributed by atoms with Crippen LogP contribution in [-0.4, -0.2) is 27.7 Å². The monoisotopic (exact) mass is 374 g/mol. The maximum atomic E-state index is 13.1. The van der Waals surface area contributed by atoms with Crippen molar-refractivity contribution in [3.05, 3.63) is 40.0 Å². The zero-order valence-corrected chi connectivity index (χ0v) is 14.6. The summed E-state index contributed by atoms with van der Waals surface area (Å²) in [5.41, 5.74) is 1.09. The van der Waals surface area contributed by atoms with Gasteiger partial charge in [0.2, 0.25) is 5.95 Å². The molecule has 1 aromatic carbocycles. The van der Waals surface area contributed by atoms with E-state index in [1.54, 1.807) is 32.9 Å². The van der Waals surface area contributed by atoms with Crippen LogP contribution >= 0.6 is 11.6 Å². The number of aryl methyl sites for hydroxylation is 2. The first-order chi connectivity index (χ1) is 11.6. The van der Waals surface area contributed by atoms with E-state index in [2.05, 4.69) is 20.6 Å². The van der Waals surface area contributed by atoms with Crippen LogP contribution in [0.1, 0.15) is 23.7 Å². The van der Waals surface area contributed by atoms with Gasteiger partial charge in [-0.25, -0.2) is 4.98 Å². The molecule has 0 aliphatic rings. The third kappa shape index (κ3) is 4.96. The molecule has 0 unspecified atom stereocenters. The Bertz CT molecular complexity index is 745. The third-order valence-corrected chi connectivity index (χ3v) is 3.63. The molecule has 136 valence electrons. The lowest BCUT2D eigenvalue weighted by Gasteiger charge is -2.17. The van der Waals surface area contributed by atoms with Crippen molar-refractivity contribution >= 4 is 29.1 Å². The molecule has 2 rings (SSSR count). The van der Waals surface area contributed by atoms with Gasteiger partial charge < -0.3 is 15.7 Å². The minimum atomic E-state index is -4.62. The highest BCUT2D eigenvalue weighted by molar-refractivity contribution is 6.30. The number of nitrogens with zero attached hydrogens (tertiary/aromatic N) is 2. The minimum Gasteiger partial charge on any atom is -0.394 e. The predicted octanol–water partition coefficient (Wildman–Crippen LogP) is 4.30. The molecule has 1 atom stereocenters. The number of aliphatic hydroxyl groups is 1. The number of hydrogen-bond acceptors (Lipinski definition) is 5. The van der Waals surface area contributed by atoms with Crippen LogP contribution in [0.5, 0.6) is 0 Å². The SMILES string of the molecule is Cc1cc(Cl)cc(C)c1Nc1cc(C(F)(F)F)nc(N[C@H](C)CO)n1. The van der Waals surface area contributed by atoms with Gasteiger partial charge in [0.1, 0.15) is 5.82 Å². The first-order valence-electron chi connectivity index (χ1n) is 7.47. The molecule has 3 N–H and O–H groups in total. The predicted molar refractivity (Wildman–Crippen MR) is 91.4 cm³/mol. The van der Waals surface area contributed by atoms with Crippen LogP contribution in [0.2, 0.25) is 5.02 Å². The summed E-state index contributed by atoms with van der Waals surface area (Å²) in [6, 6.07) is 3.75. The van der Waals surface area contributed by atoms with Crippen LogP contribution in [0.3, 0.4) is 0 Å². The van der Waals surface area contributed by atoms with Crippen LogP contribution in [0, 0.1) is 13.8 Å². The number of aromatic nitrogens is 2. The fourth-order valence-corrected chi connectivity index (χ4v) is 2.55. The van der Waals surface area contributed by atoms with Gasteiger partial charge >= 0.3 is 6.18 Å². The summed E-state index contributed by atoms with van der Waals surface area (Å²) in [4.78, 5) is 7.53. The largest absolute Gasteiger partial charge is 0.433 e. The molecule has 0 aliphatic carbocycles. The highest BCUT2D eigenvalue weighted by atomic mass is 35.5. The molecular formula is C16H18ClF3N4O. The lowest BCUT2D eigenvalue weighted by molar-refractivity contribution is -0.141. The summed E-state index contributed by atoms with van der Waals surface area (Å²) in [5.74, 6) is -0.230. The van der Waals surface area contributed by atoms with Crippen LogP contribution in [-0.2, 0) is 6.18 Å². The molecule has 1 aromatic heterocycles. The average molecular weight is 375 g/mol. The first kappa shape index (κ1) is 19.3. The van der Waals surface area contributed by atoms with Crippen molar-refractivity contribution in [3.63, 3.8) is 0 Å². The number of aliphatic hydroxyl groups excluding tert-OH is 1. The highest BCUT2D eigenvalue weighted by Crippen LogP contribution is 2.32. The van der Waals surface area contributed by atoms with Crippen LogP contribution in [0.15, 0.2) is 18.2 Å². The molecule has 0 saturated heterocycles. The van der Waals surface area contributed by atoms with Gasteiger partial charge in [-0.3, -0.25) is 0 Å². The maximum Gasteiger partial charge on any atom is 0.433 e. The Hall–Kier alpha value is -2.06. The fraction of sp³-hybridized carbons (Fsp3) is 0.375. The van der Waals surface area contributed by atoms with E-state index in [1.807, 2.05) is 0 Å². The molecule has 0 fully saturated rings. The topological polar surface area (TPSA) is 70.1 Å². The van der Waals surface area contributed by atoms with Gasteiger partial charge in [0.15, 0.2) is 5.69 Å². The van der Waals surface area contributed by atoms with E-state index < -0.39 is 17.9 Å². The van der Waals surface area contributed by atoms with Crippen molar-refractivity contribution in [2.24, 2.45) is 0 Å². The van der Waals surface area contributed by atoms with Gasteiger partial charge in [0.05, 0.1) is 6.61 Å². The zero-order chi connectivity index (χ0) is 18.8. The van der Waals surface area contributed by atoms with Gasteiger partial charge in [0.25, 0.3) is 0 Å². The van der Waals surface area contributed by atoms with Gasteiger partial charge in [-0.15, -0.1) is 0 Å². The summed E-state index contributed by atoms with van der Waals surface area (Å²) in [5, 5.41) is 15.1. The van der Waals surface area contributed by atoms with Crippen LogP contribution in [0.4, 0.5) is 30.6 Å². The van der Waals surface area contributed by atoms with Gasteiger partial charge in [-0.2, -0.15) is 18.2 Å². The molecule has 0 aliphatic heterocycles. The molecule has 0 bridgehead atoms. The Labute approximate surface area is 148 Å². The molecule has 1 heterocycles.